The second-order valence-electron chi connectivity index (χ2n) is 7.72. The van der Waals surface area contributed by atoms with Gasteiger partial charge in [0, 0.05) is 36.5 Å². The Balaban J connectivity index is 1.66. The van der Waals surface area contributed by atoms with Crippen molar-refractivity contribution in [3.8, 4) is 0 Å². The van der Waals surface area contributed by atoms with Gasteiger partial charge in [0.05, 0.1) is 13.2 Å². The first-order valence-electron chi connectivity index (χ1n) is 11.0. The number of nitrogens with one attached hydrogen (secondary N) is 2. The van der Waals surface area contributed by atoms with Crippen LogP contribution in [0.4, 0.5) is 10.6 Å². The molecule has 0 radical (unpaired) electrons. The number of amides is 2. The molecule has 2 amide bonds. The van der Waals surface area contributed by atoms with Crippen molar-refractivity contribution in [3.05, 3.63) is 71.4 Å². The zero-order valence-corrected chi connectivity index (χ0v) is 20.2. The van der Waals surface area contributed by atoms with Gasteiger partial charge in [0.1, 0.15) is 12.4 Å². The lowest BCUT2D eigenvalue weighted by Gasteiger charge is -2.31. The van der Waals surface area contributed by atoms with Gasteiger partial charge in [-0.3, -0.25) is 19.9 Å². The zero-order valence-electron chi connectivity index (χ0n) is 19.5. The molecule has 0 unspecified atom stereocenters. The molecule has 0 aliphatic heterocycles. The van der Waals surface area contributed by atoms with Crippen LogP contribution in [-0.2, 0) is 25.6 Å². The Morgan fingerprint density at radius 2 is 1.80 bits per heavy atom. The Morgan fingerprint density at radius 3 is 2.51 bits per heavy atom. The third kappa shape index (κ3) is 7.66. The fourth-order valence-corrected chi connectivity index (χ4v) is 3.65. The van der Waals surface area contributed by atoms with Crippen molar-refractivity contribution in [2.45, 2.75) is 32.4 Å². The van der Waals surface area contributed by atoms with Crippen LogP contribution in [0.1, 0.15) is 25.3 Å². The van der Waals surface area contributed by atoms with Crippen LogP contribution in [0.5, 0.6) is 0 Å². The van der Waals surface area contributed by atoms with Gasteiger partial charge in [0.15, 0.2) is 0 Å². The second-order valence-corrected chi connectivity index (χ2v) is 8.13. The number of hydrogen-bond donors (Lipinski definition) is 2. The molecule has 10 heteroatoms. The van der Waals surface area contributed by atoms with E-state index in [1.54, 1.807) is 18.3 Å². The van der Waals surface area contributed by atoms with E-state index < -0.39 is 18.1 Å². The Bertz CT molecular complexity index is 1190. The van der Waals surface area contributed by atoms with Crippen LogP contribution < -0.4 is 10.7 Å². The minimum atomic E-state index is -0.731. The Hall–Kier alpha value is -3.69. The summed E-state index contributed by atoms with van der Waals surface area (Å²) in [4.78, 5) is 40.8. The molecular formula is C25H27ClN4O5. The number of methoxy groups -OCH3 is 1. The first-order chi connectivity index (χ1) is 16.9. The maximum atomic E-state index is 12.5. The molecule has 184 valence electrons. The third-order valence-corrected chi connectivity index (χ3v) is 5.65. The summed E-state index contributed by atoms with van der Waals surface area (Å²) in [6.45, 7) is 1.48. The number of carbonyl (C=O) groups is 3. The molecule has 0 aliphatic rings. The summed E-state index contributed by atoms with van der Waals surface area (Å²) in [6.07, 6.45) is 1.17. The largest absolute Gasteiger partial charge is 0.469 e. The normalized spacial score (nSPS) is 11.5. The van der Waals surface area contributed by atoms with Crippen LogP contribution in [0.2, 0.25) is 5.02 Å². The second kappa shape index (κ2) is 12.7. The molecule has 0 spiro atoms. The lowest BCUT2D eigenvalue weighted by Crippen LogP contribution is -2.50. The highest BCUT2D eigenvalue weighted by atomic mass is 35.5. The minimum Gasteiger partial charge on any atom is -0.469 e. The maximum absolute atomic E-state index is 12.5. The quantitative estimate of drug-likeness (QED) is 0.316. The van der Waals surface area contributed by atoms with Crippen molar-refractivity contribution in [2.75, 3.05) is 19.0 Å². The molecule has 0 fully saturated rings. The first-order valence-corrected chi connectivity index (χ1v) is 11.4. The van der Waals surface area contributed by atoms with E-state index in [9.17, 15) is 14.4 Å². The summed E-state index contributed by atoms with van der Waals surface area (Å²) in [5.41, 5.74) is 3.82. The number of hydrogen-bond acceptors (Lipinski definition) is 7. The van der Waals surface area contributed by atoms with Crippen molar-refractivity contribution in [3.63, 3.8) is 0 Å². The highest BCUT2D eigenvalue weighted by molar-refractivity contribution is 6.31. The number of aromatic nitrogens is 1. The van der Waals surface area contributed by atoms with Crippen LogP contribution >= 0.6 is 11.6 Å². The molecule has 3 aromatic rings. The topological polar surface area (TPSA) is 110 Å². The van der Waals surface area contributed by atoms with Crippen molar-refractivity contribution < 1.29 is 23.9 Å². The molecule has 0 saturated heterocycles. The van der Waals surface area contributed by atoms with E-state index in [2.05, 4.69) is 15.7 Å². The monoisotopic (exact) mass is 498 g/mol. The molecule has 1 atom stereocenters. The Morgan fingerprint density at radius 1 is 1.09 bits per heavy atom. The number of carbonyl (C=O) groups excluding carboxylic acids is 3. The van der Waals surface area contributed by atoms with Gasteiger partial charge >= 0.3 is 12.1 Å². The molecule has 2 N–H and O–H groups in total. The summed E-state index contributed by atoms with van der Waals surface area (Å²) in [5, 5.41) is 6.34. The fourth-order valence-electron chi connectivity index (χ4n) is 3.45. The lowest BCUT2D eigenvalue weighted by atomic mass is 10.1. The highest BCUT2D eigenvalue weighted by Gasteiger charge is 2.24. The molecule has 0 aliphatic carbocycles. The van der Waals surface area contributed by atoms with Gasteiger partial charge in [-0.25, -0.2) is 15.2 Å². The average Bonchev–Trinajstić information content (AvgIpc) is 2.85. The molecule has 35 heavy (non-hydrogen) atoms. The van der Waals surface area contributed by atoms with E-state index >= 15 is 0 Å². The minimum absolute atomic E-state index is 0.0376. The maximum Gasteiger partial charge on any atom is 0.412 e. The van der Waals surface area contributed by atoms with Crippen molar-refractivity contribution in [1.29, 1.82) is 0 Å². The van der Waals surface area contributed by atoms with Gasteiger partial charge in [-0.05, 0) is 29.5 Å². The van der Waals surface area contributed by atoms with Gasteiger partial charge < -0.3 is 9.47 Å². The lowest BCUT2D eigenvalue weighted by molar-refractivity contribution is -0.143. The number of fused-ring (bicyclic) bond motifs is 1. The molecule has 9 nitrogen and oxygen atoms in total. The number of esters is 1. The van der Waals surface area contributed by atoms with E-state index in [0.29, 0.717) is 10.8 Å². The molecule has 3 rings (SSSR count). The smallest absolute Gasteiger partial charge is 0.412 e. The van der Waals surface area contributed by atoms with Crippen LogP contribution in [0.25, 0.3) is 10.8 Å². The van der Waals surface area contributed by atoms with Gasteiger partial charge in [-0.15, -0.1) is 0 Å². The first kappa shape index (κ1) is 25.9. The molecule has 1 aromatic heterocycles. The van der Waals surface area contributed by atoms with Gasteiger partial charge in [0.25, 0.3) is 0 Å². The van der Waals surface area contributed by atoms with E-state index in [1.807, 2.05) is 42.5 Å². The molecule has 0 bridgehead atoms. The standard InChI is InChI=1S/C25H27ClN4O5/c1-17(31)30(28-15-20-9-5-6-10-22(20)26)21(11-12-24(32)34-2)16-35-25(33)29-23-13-18-7-3-4-8-19(18)14-27-23/h3-10,13-14,21,28H,11-12,15-16H2,1-2H3,(H,27,29,33)/t21-/m0/s1. The number of nitrogens with zero attached hydrogens (tertiary/aromatic N) is 2. The van der Waals surface area contributed by atoms with E-state index in [-0.39, 0.29) is 31.9 Å². The molecule has 0 saturated carbocycles. The van der Waals surface area contributed by atoms with Crippen LogP contribution in [0.15, 0.2) is 60.8 Å². The van der Waals surface area contributed by atoms with Gasteiger partial charge in [-0.2, -0.15) is 0 Å². The molecule has 1 heterocycles. The number of benzene rings is 2. The third-order valence-electron chi connectivity index (χ3n) is 5.28. The van der Waals surface area contributed by atoms with Crippen molar-refractivity contribution in [2.24, 2.45) is 0 Å². The summed E-state index contributed by atoms with van der Waals surface area (Å²) >= 11 is 6.22. The van der Waals surface area contributed by atoms with Crippen LogP contribution in [0.3, 0.4) is 0 Å². The Labute approximate surface area is 208 Å². The van der Waals surface area contributed by atoms with E-state index in [0.717, 1.165) is 16.3 Å². The SMILES string of the molecule is COC(=O)CC[C@@H](COC(=O)Nc1cc2ccccc2cn1)N(NCc1ccccc1Cl)C(C)=O. The van der Waals surface area contributed by atoms with Crippen molar-refractivity contribution >= 4 is 46.2 Å². The van der Waals surface area contributed by atoms with E-state index in [1.165, 1.54) is 19.0 Å². The average molecular weight is 499 g/mol. The number of pyridine rings is 1. The number of halogens is 1. The summed E-state index contributed by atoms with van der Waals surface area (Å²) in [5.74, 6) is -0.415. The number of rotatable bonds is 10. The summed E-state index contributed by atoms with van der Waals surface area (Å²) in [6, 6.07) is 15.9. The predicted octanol–water partition coefficient (Wildman–Crippen LogP) is 4.31. The van der Waals surface area contributed by atoms with Gasteiger partial charge in [-0.1, -0.05) is 54.1 Å². The number of anilines is 1. The highest BCUT2D eigenvalue weighted by Crippen LogP contribution is 2.17. The summed E-state index contributed by atoms with van der Waals surface area (Å²) in [7, 11) is 1.29. The van der Waals surface area contributed by atoms with Crippen molar-refractivity contribution in [1.82, 2.24) is 15.4 Å². The van der Waals surface area contributed by atoms with Crippen LogP contribution in [-0.4, -0.2) is 47.7 Å². The fraction of sp³-hybridized carbons (Fsp3) is 0.280. The van der Waals surface area contributed by atoms with Gasteiger partial charge in [0.2, 0.25) is 5.91 Å². The Kier molecular flexibility index (Phi) is 9.39. The molecule has 2 aromatic carbocycles. The number of ether oxygens (including phenoxy) is 2. The van der Waals surface area contributed by atoms with Crippen LogP contribution in [0, 0.1) is 0 Å². The predicted molar refractivity (Wildman–Crippen MR) is 133 cm³/mol. The zero-order chi connectivity index (χ0) is 25.2. The summed E-state index contributed by atoms with van der Waals surface area (Å²) < 4.78 is 10.1. The molecular weight excluding hydrogens is 472 g/mol. The number of hydrazine groups is 1. The van der Waals surface area contributed by atoms with E-state index in [4.69, 9.17) is 21.1 Å².